The number of carbonyl (C=O) groups is 2. The first-order valence-electron chi connectivity index (χ1n) is 6.84. The van der Waals surface area contributed by atoms with E-state index in [1.54, 1.807) is 24.0 Å². The van der Waals surface area contributed by atoms with E-state index in [1.165, 1.54) is 0 Å². The number of benzene rings is 1. The highest BCUT2D eigenvalue weighted by atomic mass is 16.5. The SMILES string of the molecule is CCOC(=O)C(O)C(c1ccccc1)N1CCCC1=O. The first-order valence-corrected chi connectivity index (χ1v) is 6.84. The van der Waals surface area contributed by atoms with Crippen molar-refractivity contribution < 1.29 is 19.4 Å². The number of hydrogen-bond acceptors (Lipinski definition) is 4. The molecule has 0 aromatic heterocycles. The summed E-state index contributed by atoms with van der Waals surface area (Å²) in [4.78, 5) is 25.3. The number of aliphatic hydroxyl groups excluding tert-OH is 1. The molecule has 20 heavy (non-hydrogen) atoms. The molecule has 5 nitrogen and oxygen atoms in total. The molecule has 1 aromatic carbocycles. The first-order chi connectivity index (χ1) is 9.65. The third kappa shape index (κ3) is 2.99. The van der Waals surface area contributed by atoms with Crippen LogP contribution in [0.2, 0.25) is 0 Å². The summed E-state index contributed by atoms with van der Waals surface area (Å²) in [6, 6.07) is 8.42. The lowest BCUT2D eigenvalue weighted by Gasteiger charge is -2.31. The lowest BCUT2D eigenvalue weighted by atomic mass is 10.00. The molecule has 2 atom stereocenters. The monoisotopic (exact) mass is 277 g/mol. The second kappa shape index (κ2) is 6.52. The third-order valence-electron chi connectivity index (χ3n) is 3.41. The van der Waals surface area contributed by atoms with Crippen molar-refractivity contribution in [2.45, 2.75) is 31.9 Å². The van der Waals surface area contributed by atoms with E-state index < -0.39 is 18.1 Å². The standard InChI is InChI=1S/C15H19NO4/c1-2-20-15(19)14(18)13(11-7-4-3-5-8-11)16-10-6-9-12(16)17/h3-5,7-8,13-14,18H,2,6,9-10H2,1H3. The molecule has 1 aromatic rings. The predicted octanol–water partition coefficient (Wildman–Crippen LogP) is 1.27. The van der Waals surface area contributed by atoms with Crippen LogP contribution in [0, 0.1) is 0 Å². The van der Waals surface area contributed by atoms with Crippen LogP contribution < -0.4 is 0 Å². The Morgan fingerprint density at radius 1 is 1.40 bits per heavy atom. The van der Waals surface area contributed by atoms with Crippen molar-refractivity contribution in [3.8, 4) is 0 Å². The Hall–Kier alpha value is -1.88. The Morgan fingerprint density at radius 2 is 2.10 bits per heavy atom. The zero-order valence-corrected chi connectivity index (χ0v) is 11.5. The van der Waals surface area contributed by atoms with Gasteiger partial charge >= 0.3 is 5.97 Å². The fourth-order valence-electron chi connectivity index (χ4n) is 2.50. The molecule has 0 aliphatic carbocycles. The summed E-state index contributed by atoms with van der Waals surface area (Å²) in [6.07, 6.45) is -0.157. The van der Waals surface area contributed by atoms with Gasteiger partial charge in [-0.2, -0.15) is 0 Å². The molecule has 5 heteroatoms. The fourth-order valence-corrected chi connectivity index (χ4v) is 2.50. The summed E-state index contributed by atoms with van der Waals surface area (Å²) in [5.41, 5.74) is 0.739. The molecule has 0 saturated carbocycles. The fraction of sp³-hybridized carbons (Fsp3) is 0.467. The summed E-state index contributed by atoms with van der Waals surface area (Å²) in [7, 11) is 0. The van der Waals surface area contributed by atoms with Crippen LogP contribution >= 0.6 is 0 Å². The second-order valence-corrected chi connectivity index (χ2v) is 4.74. The molecule has 0 spiro atoms. The maximum absolute atomic E-state index is 11.9. The Bertz CT molecular complexity index is 474. The van der Waals surface area contributed by atoms with Crippen LogP contribution in [-0.2, 0) is 14.3 Å². The molecule has 1 saturated heterocycles. The van der Waals surface area contributed by atoms with E-state index in [-0.39, 0.29) is 12.5 Å². The normalized spacial score (nSPS) is 17.9. The molecule has 2 unspecified atom stereocenters. The number of hydrogen-bond donors (Lipinski definition) is 1. The summed E-state index contributed by atoms with van der Waals surface area (Å²) in [6.45, 7) is 2.43. The van der Waals surface area contributed by atoms with E-state index >= 15 is 0 Å². The van der Waals surface area contributed by atoms with Crippen LogP contribution in [-0.4, -0.2) is 41.1 Å². The van der Waals surface area contributed by atoms with Crippen molar-refractivity contribution in [1.29, 1.82) is 0 Å². The van der Waals surface area contributed by atoms with Crippen molar-refractivity contribution in [1.82, 2.24) is 4.90 Å². The number of esters is 1. The molecule has 1 aliphatic heterocycles. The highest BCUT2D eigenvalue weighted by molar-refractivity contribution is 5.81. The second-order valence-electron chi connectivity index (χ2n) is 4.74. The molecular formula is C15H19NO4. The van der Waals surface area contributed by atoms with Crippen LogP contribution in [0.4, 0.5) is 0 Å². The van der Waals surface area contributed by atoms with E-state index in [0.29, 0.717) is 13.0 Å². The number of ether oxygens (including phenoxy) is 1. The van der Waals surface area contributed by atoms with Crippen molar-refractivity contribution >= 4 is 11.9 Å². The summed E-state index contributed by atoms with van der Waals surface area (Å²) < 4.78 is 4.87. The lowest BCUT2D eigenvalue weighted by molar-refractivity contribution is -0.158. The molecule has 1 fully saturated rings. The Kier molecular flexibility index (Phi) is 4.74. The van der Waals surface area contributed by atoms with Crippen molar-refractivity contribution in [2.75, 3.05) is 13.2 Å². The quantitative estimate of drug-likeness (QED) is 0.823. The van der Waals surface area contributed by atoms with Gasteiger partial charge in [0, 0.05) is 13.0 Å². The zero-order chi connectivity index (χ0) is 14.5. The van der Waals surface area contributed by atoms with Crippen LogP contribution in [0.15, 0.2) is 30.3 Å². The molecule has 2 rings (SSSR count). The van der Waals surface area contributed by atoms with Gasteiger partial charge in [0.2, 0.25) is 5.91 Å². The molecule has 0 bridgehead atoms. The van der Waals surface area contributed by atoms with Gasteiger partial charge in [-0.05, 0) is 18.9 Å². The van der Waals surface area contributed by atoms with Crippen LogP contribution in [0.1, 0.15) is 31.4 Å². The van der Waals surface area contributed by atoms with E-state index in [0.717, 1.165) is 12.0 Å². The van der Waals surface area contributed by atoms with Gasteiger partial charge in [-0.15, -0.1) is 0 Å². The van der Waals surface area contributed by atoms with E-state index in [1.807, 2.05) is 18.2 Å². The molecule has 1 N–H and O–H groups in total. The lowest BCUT2D eigenvalue weighted by Crippen LogP contribution is -2.42. The van der Waals surface area contributed by atoms with Gasteiger partial charge in [-0.1, -0.05) is 30.3 Å². The van der Waals surface area contributed by atoms with Gasteiger partial charge in [0.15, 0.2) is 6.10 Å². The largest absolute Gasteiger partial charge is 0.464 e. The molecule has 1 heterocycles. The van der Waals surface area contributed by atoms with Crippen molar-refractivity contribution in [3.63, 3.8) is 0 Å². The minimum absolute atomic E-state index is 0.0396. The average Bonchev–Trinajstić information content (AvgIpc) is 2.87. The van der Waals surface area contributed by atoms with Crippen molar-refractivity contribution in [2.24, 2.45) is 0 Å². The van der Waals surface area contributed by atoms with Gasteiger partial charge in [0.25, 0.3) is 0 Å². The minimum Gasteiger partial charge on any atom is -0.464 e. The average molecular weight is 277 g/mol. The highest BCUT2D eigenvalue weighted by Crippen LogP contribution is 2.29. The number of amides is 1. The third-order valence-corrected chi connectivity index (χ3v) is 3.41. The number of likely N-dealkylation sites (tertiary alicyclic amines) is 1. The van der Waals surface area contributed by atoms with Crippen LogP contribution in [0.5, 0.6) is 0 Å². The first kappa shape index (κ1) is 14.5. The number of carbonyl (C=O) groups excluding carboxylic acids is 2. The molecule has 108 valence electrons. The van der Waals surface area contributed by atoms with Crippen molar-refractivity contribution in [3.05, 3.63) is 35.9 Å². The van der Waals surface area contributed by atoms with E-state index in [9.17, 15) is 14.7 Å². The van der Waals surface area contributed by atoms with E-state index in [4.69, 9.17) is 4.74 Å². The van der Waals surface area contributed by atoms with E-state index in [2.05, 4.69) is 0 Å². The summed E-state index contributed by atoms with van der Waals surface area (Å²) >= 11 is 0. The molecule has 1 amide bonds. The maximum atomic E-state index is 11.9. The van der Waals surface area contributed by atoms with Gasteiger partial charge in [0.05, 0.1) is 12.6 Å². The number of rotatable bonds is 5. The maximum Gasteiger partial charge on any atom is 0.337 e. The van der Waals surface area contributed by atoms with Gasteiger partial charge in [-0.25, -0.2) is 4.79 Å². The highest BCUT2D eigenvalue weighted by Gasteiger charge is 2.37. The van der Waals surface area contributed by atoms with Crippen LogP contribution in [0.3, 0.4) is 0 Å². The van der Waals surface area contributed by atoms with Gasteiger partial charge < -0.3 is 14.7 Å². The predicted molar refractivity (Wildman–Crippen MR) is 72.8 cm³/mol. The molecule has 1 aliphatic rings. The van der Waals surface area contributed by atoms with Gasteiger partial charge in [0.1, 0.15) is 0 Å². The minimum atomic E-state index is -1.36. The number of nitrogens with zero attached hydrogens (tertiary/aromatic N) is 1. The van der Waals surface area contributed by atoms with Gasteiger partial charge in [-0.3, -0.25) is 4.79 Å². The Balaban J connectivity index is 2.29. The van der Waals surface area contributed by atoms with Crippen LogP contribution in [0.25, 0.3) is 0 Å². The smallest absolute Gasteiger partial charge is 0.337 e. The molecule has 0 radical (unpaired) electrons. The molecular weight excluding hydrogens is 258 g/mol. The summed E-state index contributed by atoms with van der Waals surface area (Å²) in [5, 5.41) is 10.3. The topological polar surface area (TPSA) is 66.8 Å². The zero-order valence-electron chi connectivity index (χ0n) is 11.5. The number of aliphatic hydroxyl groups is 1. The summed E-state index contributed by atoms with van der Waals surface area (Å²) in [5.74, 6) is -0.733. The Labute approximate surface area is 118 Å². The Morgan fingerprint density at radius 3 is 2.65 bits per heavy atom.